The Morgan fingerprint density at radius 3 is 2.21 bits per heavy atom. The first-order valence-corrected chi connectivity index (χ1v) is 11.0. The first-order valence-electron chi connectivity index (χ1n) is 9.59. The lowest BCUT2D eigenvalue weighted by atomic mass is 10.2. The molecule has 8 heteroatoms. The van der Waals surface area contributed by atoms with Crippen molar-refractivity contribution in [1.82, 2.24) is 4.31 Å². The highest BCUT2D eigenvalue weighted by molar-refractivity contribution is 7.89. The molecule has 2 atom stereocenters. The Balaban J connectivity index is 1.69. The number of amides is 1. The molecule has 0 unspecified atom stereocenters. The van der Waals surface area contributed by atoms with Crippen LogP contribution in [0.15, 0.2) is 53.4 Å². The van der Waals surface area contributed by atoms with E-state index in [0.717, 1.165) is 5.75 Å². The summed E-state index contributed by atoms with van der Waals surface area (Å²) in [6.07, 6.45) is -0.319. The van der Waals surface area contributed by atoms with Gasteiger partial charge < -0.3 is 14.8 Å². The van der Waals surface area contributed by atoms with Crippen LogP contribution in [0.1, 0.15) is 31.1 Å². The first-order chi connectivity index (χ1) is 13.8. The SMILES string of the molecule is CCOc1ccc(NC(=O)c2ccc(S(=O)(=O)N3C[C@H](C)O[C@@H](C)C3)cc2)cc1. The molecule has 1 heterocycles. The van der Waals surface area contributed by atoms with E-state index in [1.165, 1.54) is 28.6 Å². The summed E-state index contributed by atoms with van der Waals surface area (Å²) in [7, 11) is -3.63. The van der Waals surface area contributed by atoms with E-state index in [4.69, 9.17) is 9.47 Å². The maximum atomic E-state index is 12.9. The van der Waals surface area contributed by atoms with Gasteiger partial charge in [-0.2, -0.15) is 4.31 Å². The molecule has 1 amide bonds. The maximum absolute atomic E-state index is 12.9. The molecule has 1 saturated heterocycles. The molecule has 0 aromatic heterocycles. The highest BCUT2D eigenvalue weighted by atomic mass is 32.2. The van der Waals surface area contributed by atoms with Gasteiger partial charge >= 0.3 is 0 Å². The Morgan fingerprint density at radius 2 is 1.66 bits per heavy atom. The van der Waals surface area contributed by atoms with E-state index in [-0.39, 0.29) is 23.0 Å². The van der Waals surface area contributed by atoms with Crippen molar-refractivity contribution in [3.05, 3.63) is 54.1 Å². The maximum Gasteiger partial charge on any atom is 0.255 e. The minimum absolute atomic E-state index is 0.160. The minimum Gasteiger partial charge on any atom is -0.494 e. The number of morpholine rings is 1. The van der Waals surface area contributed by atoms with Gasteiger partial charge in [0.05, 0.1) is 23.7 Å². The van der Waals surface area contributed by atoms with Crippen LogP contribution in [0.3, 0.4) is 0 Å². The Morgan fingerprint density at radius 1 is 1.07 bits per heavy atom. The summed E-state index contributed by atoms with van der Waals surface area (Å²) in [5, 5.41) is 2.79. The number of anilines is 1. The molecule has 156 valence electrons. The normalized spacial score (nSPS) is 20.2. The van der Waals surface area contributed by atoms with Gasteiger partial charge in [0, 0.05) is 24.3 Å². The van der Waals surface area contributed by atoms with Gasteiger partial charge in [0.15, 0.2) is 0 Å². The lowest BCUT2D eigenvalue weighted by Gasteiger charge is -2.34. The second-order valence-electron chi connectivity index (χ2n) is 7.02. The van der Waals surface area contributed by atoms with Crippen molar-refractivity contribution in [1.29, 1.82) is 0 Å². The van der Waals surface area contributed by atoms with Crippen LogP contribution in [0.2, 0.25) is 0 Å². The molecule has 7 nitrogen and oxygen atoms in total. The van der Waals surface area contributed by atoms with Gasteiger partial charge in [-0.15, -0.1) is 0 Å². The molecular formula is C21H26N2O5S. The van der Waals surface area contributed by atoms with Crippen LogP contribution in [0.5, 0.6) is 5.75 Å². The quantitative estimate of drug-likeness (QED) is 0.779. The monoisotopic (exact) mass is 418 g/mol. The summed E-state index contributed by atoms with van der Waals surface area (Å²) in [4.78, 5) is 12.6. The largest absolute Gasteiger partial charge is 0.494 e. The third-order valence-electron chi connectivity index (χ3n) is 4.56. The average Bonchev–Trinajstić information content (AvgIpc) is 2.69. The third-order valence-corrected chi connectivity index (χ3v) is 6.41. The van der Waals surface area contributed by atoms with Crippen LogP contribution in [-0.2, 0) is 14.8 Å². The zero-order valence-electron chi connectivity index (χ0n) is 16.8. The van der Waals surface area contributed by atoms with Crippen molar-refractivity contribution < 1.29 is 22.7 Å². The molecule has 29 heavy (non-hydrogen) atoms. The zero-order valence-corrected chi connectivity index (χ0v) is 17.6. The van der Waals surface area contributed by atoms with E-state index in [0.29, 0.717) is 30.9 Å². The van der Waals surface area contributed by atoms with Crippen molar-refractivity contribution in [2.45, 2.75) is 37.9 Å². The molecular weight excluding hydrogens is 392 g/mol. The fourth-order valence-corrected chi connectivity index (χ4v) is 4.85. The number of nitrogens with zero attached hydrogens (tertiary/aromatic N) is 1. The van der Waals surface area contributed by atoms with Gasteiger partial charge in [-0.1, -0.05) is 0 Å². The van der Waals surface area contributed by atoms with Gasteiger partial charge in [0.2, 0.25) is 10.0 Å². The zero-order chi connectivity index (χ0) is 21.0. The predicted molar refractivity (Wildman–Crippen MR) is 111 cm³/mol. The van der Waals surface area contributed by atoms with Crippen molar-refractivity contribution in [2.75, 3.05) is 25.0 Å². The fourth-order valence-electron chi connectivity index (χ4n) is 3.26. The molecule has 0 bridgehead atoms. The molecule has 1 aliphatic heterocycles. The highest BCUT2D eigenvalue weighted by Gasteiger charge is 2.32. The Kier molecular flexibility index (Phi) is 6.56. The molecule has 2 aromatic rings. The highest BCUT2D eigenvalue weighted by Crippen LogP contribution is 2.22. The number of carbonyl (C=O) groups excluding carboxylic acids is 1. The van der Waals surface area contributed by atoms with Gasteiger partial charge in [-0.05, 0) is 69.3 Å². The molecule has 1 fully saturated rings. The van der Waals surface area contributed by atoms with Crippen LogP contribution < -0.4 is 10.1 Å². The van der Waals surface area contributed by atoms with Crippen LogP contribution >= 0.6 is 0 Å². The molecule has 2 aromatic carbocycles. The van der Waals surface area contributed by atoms with Crippen molar-refractivity contribution in [3.63, 3.8) is 0 Å². The molecule has 1 N–H and O–H groups in total. The molecule has 0 saturated carbocycles. The van der Waals surface area contributed by atoms with Crippen LogP contribution in [0, 0.1) is 0 Å². The van der Waals surface area contributed by atoms with Crippen molar-refractivity contribution >= 4 is 21.6 Å². The van der Waals surface area contributed by atoms with Gasteiger partial charge in [0.25, 0.3) is 5.91 Å². The van der Waals surface area contributed by atoms with E-state index in [1.807, 2.05) is 20.8 Å². The van der Waals surface area contributed by atoms with E-state index in [9.17, 15) is 13.2 Å². The number of benzene rings is 2. The van der Waals surface area contributed by atoms with Crippen LogP contribution in [0.25, 0.3) is 0 Å². The number of sulfonamides is 1. The molecule has 3 rings (SSSR count). The summed E-state index contributed by atoms with van der Waals surface area (Å²) in [5.41, 5.74) is 1.01. The molecule has 1 aliphatic rings. The summed E-state index contributed by atoms with van der Waals surface area (Å²) in [6, 6.07) is 13.0. The predicted octanol–water partition coefficient (Wildman–Crippen LogP) is 3.14. The van der Waals surface area contributed by atoms with Crippen molar-refractivity contribution in [3.8, 4) is 5.75 Å². The van der Waals surface area contributed by atoms with Crippen LogP contribution in [-0.4, -0.2) is 50.5 Å². The number of rotatable bonds is 6. The lowest BCUT2D eigenvalue weighted by Crippen LogP contribution is -2.48. The van der Waals surface area contributed by atoms with Crippen LogP contribution in [0.4, 0.5) is 5.69 Å². The number of carbonyl (C=O) groups is 1. The second kappa shape index (κ2) is 8.94. The van der Waals surface area contributed by atoms with Gasteiger partial charge in [-0.25, -0.2) is 8.42 Å². The topological polar surface area (TPSA) is 84.9 Å². The summed E-state index contributed by atoms with van der Waals surface area (Å²) in [5.74, 6) is 0.415. The fraction of sp³-hybridized carbons (Fsp3) is 0.381. The molecule has 0 aliphatic carbocycles. The average molecular weight is 419 g/mol. The van der Waals surface area contributed by atoms with E-state index in [2.05, 4.69) is 5.32 Å². The molecule has 0 spiro atoms. The number of nitrogens with one attached hydrogen (secondary N) is 1. The van der Waals surface area contributed by atoms with Crippen molar-refractivity contribution in [2.24, 2.45) is 0 Å². The Labute approximate surface area is 171 Å². The Bertz CT molecular complexity index is 932. The van der Waals surface area contributed by atoms with E-state index in [1.54, 1.807) is 24.3 Å². The van der Waals surface area contributed by atoms with Gasteiger partial charge in [-0.3, -0.25) is 4.79 Å². The van der Waals surface area contributed by atoms with Gasteiger partial charge in [0.1, 0.15) is 5.75 Å². The standard InChI is InChI=1S/C21H26N2O5S/c1-4-27-19-9-7-18(8-10-19)22-21(24)17-5-11-20(12-6-17)29(25,26)23-13-15(2)28-16(3)14-23/h5-12,15-16H,4,13-14H2,1-3H3,(H,22,24)/t15-,16-/m0/s1. The summed E-state index contributed by atoms with van der Waals surface area (Å²) in [6.45, 7) is 6.81. The number of hydrogen-bond donors (Lipinski definition) is 1. The first kappa shape index (κ1) is 21.3. The third kappa shape index (κ3) is 5.14. The minimum atomic E-state index is -3.63. The number of hydrogen-bond acceptors (Lipinski definition) is 5. The summed E-state index contributed by atoms with van der Waals surface area (Å²) < 4.78 is 38.2. The van der Waals surface area contributed by atoms with E-state index < -0.39 is 10.0 Å². The second-order valence-corrected chi connectivity index (χ2v) is 8.95. The summed E-state index contributed by atoms with van der Waals surface area (Å²) >= 11 is 0. The Hall–Kier alpha value is -2.42. The lowest BCUT2D eigenvalue weighted by molar-refractivity contribution is -0.0440. The van der Waals surface area contributed by atoms with E-state index >= 15 is 0 Å². The smallest absolute Gasteiger partial charge is 0.255 e. The number of ether oxygens (including phenoxy) is 2. The molecule has 0 radical (unpaired) electrons.